The van der Waals surface area contributed by atoms with Gasteiger partial charge in [-0.25, -0.2) is 0 Å². The third-order valence-corrected chi connectivity index (χ3v) is 4.52. The lowest BCUT2D eigenvalue weighted by atomic mass is 9.93. The van der Waals surface area contributed by atoms with Crippen molar-refractivity contribution in [3.05, 3.63) is 29.8 Å². The number of nitrogens with one attached hydrogen (secondary N) is 2. The Morgan fingerprint density at radius 2 is 1.88 bits per heavy atom. The van der Waals surface area contributed by atoms with E-state index in [0.29, 0.717) is 6.54 Å². The molecule has 1 aromatic rings. The molecule has 0 saturated carbocycles. The quantitative estimate of drug-likeness (QED) is 0.735. The minimum atomic E-state index is -4.70. The Morgan fingerprint density at radius 3 is 2.46 bits per heavy atom. The predicted octanol–water partition coefficient (Wildman–Crippen LogP) is 2.52. The Hall–Kier alpha value is -1.80. The molecule has 146 valence electrons. The molecule has 0 spiro atoms. The zero-order chi connectivity index (χ0) is 19.0. The van der Waals surface area contributed by atoms with Gasteiger partial charge < -0.3 is 15.4 Å². The second kappa shape index (κ2) is 9.78. The van der Waals surface area contributed by atoms with Gasteiger partial charge in [-0.2, -0.15) is 0 Å². The Labute approximate surface area is 151 Å². The van der Waals surface area contributed by atoms with Gasteiger partial charge in [0.1, 0.15) is 5.75 Å². The summed E-state index contributed by atoms with van der Waals surface area (Å²) in [5.74, 6) is 0.377. The van der Waals surface area contributed by atoms with E-state index in [2.05, 4.69) is 20.3 Å². The fourth-order valence-electron chi connectivity index (χ4n) is 3.05. The molecule has 1 fully saturated rings. The number of likely N-dealkylation sites (tertiary alicyclic amines) is 1. The van der Waals surface area contributed by atoms with Gasteiger partial charge in [0, 0.05) is 6.54 Å². The molecule has 1 aliphatic heterocycles. The lowest BCUT2D eigenvalue weighted by Gasteiger charge is -2.31. The molecule has 5 nitrogen and oxygen atoms in total. The Kier molecular flexibility index (Phi) is 7.71. The fraction of sp³-hybridized carbons (Fsp3) is 0.611. The Bertz CT molecular complexity index is 556. The van der Waals surface area contributed by atoms with Gasteiger partial charge >= 0.3 is 6.36 Å². The van der Waals surface area contributed by atoms with E-state index in [1.54, 1.807) is 0 Å². The topological polar surface area (TPSA) is 53.6 Å². The summed E-state index contributed by atoms with van der Waals surface area (Å²) in [5, 5.41) is 5.97. The van der Waals surface area contributed by atoms with E-state index in [0.717, 1.165) is 44.0 Å². The lowest BCUT2D eigenvalue weighted by Crippen LogP contribution is -2.41. The fourth-order valence-corrected chi connectivity index (χ4v) is 3.05. The lowest BCUT2D eigenvalue weighted by molar-refractivity contribution is -0.274. The number of rotatable bonds is 8. The summed E-state index contributed by atoms with van der Waals surface area (Å²) in [6.07, 6.45) is -1.31. The summed E-state index contributed by atoms with van der Waals surface area (Å²) in [6, 6.07) is 5.50. The number of benzene rings is 1. The smallest absolute Gasteiger partial charge is 0.406 e. The van der Waals surface area contributed by atoms with E-state index in [9.17, 15) is 18.0 Å². The number of nitrogens with zero attached hydrogens (tertiary/aromatic N) is 1. The first-order chi connectivity index (χ1) is 12.4. The summed E-state index contributed by atoms with van der Waals surface area (Å²) in [6.45, 7) is 3.51. The molecule has 1 amide bonds. The van der Waals surface area contributed by atoms with Crippen molar-refractivity contribution in [2.75, 3.05) is 33.2 Å². The molecule has 0 atom stereocenters. The number of ether oxygens (including phenoxy) is 1. The maximum absolute atomic E-state index is 12.1. The van der Waals surface area contributed by atoms with Crippen LogP contribution in [0, 0.1) is 5.92 Å². The first-order valence-corrected chi connectivity index (χ1v) is 8.84. The zero-order valence-corrected chi connectivity index (χ0v) is 14.9. The highest BCUT2D eigenvalue weighted by Crippen LogP contribution is 2.23. The maximum atomic E-state index is 12.1. The van der Waals surface area contributed by atoms with Crippen molar-refractivity contribution in [1.82, 2.24) is 15.5 Å². The highest BCUT2D eigenvalue weighted by atomic mass is 19.4. The normalized spacial score (nSPS) is 16.5. The number of carbonyl (C=O) groups is 1. The minimum Gasteiger partial charge on any atom is -0.406 e. The van der Waals surface area contributed by atoms with Crippen LogP contribution in [0.5, 0.6) is 5.75 Å². The van der Waals surface area contributed by atoms with Gasteiger partial charge in [-0.15, -0.1) is 13.2 Å². The average molecular weight is 373 g/mol. The summed E-state index contributed by atoms with van der Waals surface area (Å²) in [5.41, 5.74) is 0.721. The van der Waals surface area contributed by atoms with E-state index in [-0.39, 0.29) is 18.2 Å². The van der Waals surface area contributed by atoms with E-state index in [1.807, 2.05) is 7.05 Å². The van der Waals surface area contributed by atoms with Gasteiger partial charge in [-0.1, -0.05) is 12.1 Å². The van der Waals surface area contributed by atoms with Crippen LogP contribution in [0.3, 0.4) is 0 Å². The number of piperidine rings is 1. The number of halogens is 3. The van der Waals surface area contributed by atoms with Crippen LogP contribution < -0.4 is 15.4 Å². The molecule has 0 unspecified atom stereocenters. The molecule has 1 heterocycles. The Balaban J connectivity index is 1.67. The molecular weight excluding hydrogens is 347 g/mol. The minimum absolute atomic E-state index is 0.0747. The SMILES string of the molecule is CNCCC1CCN(CC(=O)NCc2ccc(OC(F)(F)F)cc2)CC1. The van der Waals surface area contributed by atoms with Crippen molar-refractivity contribution in [2.45, 2.75) is 32.2 Å². The van der Waals surface area contributed by atoms with E-state index >= 15 is 0 Å². The Morgan fingerprint density at radius 1 is 1.23 bits per heavy atom. The van der Waals surface area contributed by atoms with Gasteiger partial charge in [0.2, 0.25) is 5.91 Å². The monoisotopic (exact) mass is 373 g/mol. The molecule has 1 aliphatic rings. The number of carbonyl (C=O) groups excluding carboxylic acids is 1. The third-order valence-electron chi connectivity index (χ3n) is 4.52. The van der Waals surface area contributed by atoms with Crippen LogP contribution in [0.1, 0.15) is 24.8 Å². The van der Waals surface area contributed by atoms with Crippen LogP contribution in [-0.2, 0) is 11.3 Å². The van der Waals surface area contributed by atoms with Crippen LogP contribution in [0.15, 0.2) is 24.3 Å². The van der Waals surface area contributed by atoms with Crippen molar-refractivity contribution < 1.29 is 22.7 Å². The van der Waals surface area contributed by atoms with Crippen LogP contribution >= 0.6 is 0 Å². The summed E-state index contributed by atoms with van der Waals surface area (Å²) in [7, 11) is 1.95. The molecule has 8 heteroatoms. The number of amides is 1. The van der Waals surface area contributed by atoms with E-state index in [4.69, 9.17) is 0 Å². The van der Waals surface area contributed by atoms with Crippen molar-refractivity contribution in [3.8, 4) is 5.75 Å². The molecule has 0 bridgehead atoms. The van der Waals surface area contributed by atoms with Crippen LogP contribution in [0.25, 0.3) is 0 Å². The van der Waals surface area contributed by atoms with Gasteiger partial charge in [0.15, 0.2) is 0 Å². The van der Waals surface area contributed by atoms with Gasteiger partial charge in [0.05, 0.1) is 6.54 Å². The van der Waals surface area contributed by atoms with Gasteiger partial charge in [-0.3, -0.25) is 9.69 Å². The molecular formula is C18H26F3N3O2. The molecule has 0 aromatic heterocycles. The summed E-state index contributed by atoms with van der Waals surface area (Å²) >= 11 is 0. The number of alkyl halides is 3. The number of hydrogen-bond acceptors (Lipinski definition) is 4. The average Bonchev–Trinajstić information content (AvgIpc) is 2.59. The van der Waals surface area contributed by atoms with Crippen LogP contribution in [0.2, 0.25) is 0 Å². The highest BCUT2D eigenvalue weighted by Gasteiger charge is 2.30. The first kappa shape index (κ1) is 20.5. The molecule has 0 radical (unpaired) electrons. The largest absolute Gasteiger partial charge is 0.573 e. The molecule has 1 saturated heterocycles. The van der Waals surface area contributed by atoms with Crippen molar-refractivity contribution in [1.29, 1.82) is 0 Å². The molecule has 2 rings (SSSR count). The number of hydrogen-bond donors (Lipinski definition) is 2. The van der Waals surface area contributed by atoms with Crippen molar-refractivity contribution in [2.24, 2.45) is 5.92 Å². The maximum Gasteiger partial charge on any atom is 0.573 e. The summed E-state index contributed by atoms with van der Waals surface area (Å²) in [4.78, 5) is 14.2. The van der Waals surface area contributed by atoms with Crippen LogP contribution in [-0.4, -0.2) is 50.4 Å². The molecule has 26 heavy (non-hydrogen) atoms. The highest BCUT2D eigenvalue weighted by molar-refractivity contribution is 5.78. The molecule has 1 aromatic carbocycles. The second-order valence-electron chi connectivity index (χ2n) is 6.58. The zero-order valence-electron chi connectivity index (χ0n) is 14.9. The first-order valence-electron chi connectivity index (χ1n) is 8.84. The second-order valence-corrected chi connectivity index (χ2v) is 6.58. The van der Waals surface area contributed by atoms with E-state index < -0.39 is 6.36 Å². The van der Waals surface area contributed by atoms with Crippen LogP contribution in [0.4, 0.5) is 13.2 Å². The van der Waals surface area contributed by atoms with Crippen molar-refractivity contribution >= 4 is 5.91 Å². The van der Waals surface area contributed by atoms with Gasteiger partial charge in [0.25, 0.3) is 0 Å². The van der Waals surface area contributed by atoms with Gasteiger partial charge in [-0.05, 0) is 69.6 Å². The third kappa shape index (κ3) is 7.61. The van der Waals surface area contributed by atoms with Crippen molar-refractivity contribution in [3.63, 3.8) is 0 Å². The molecule has 0 aliphatic carbocycles. The summed E-state index contributed by atoms with van der Waals surface area (Å²) < 4.78 is 40.2. The molecule has 2 N–H and O–H groups in total. The predicted molar refractivity (Wildman–Crippen MR) is 92.7 cm³/mol. The standard InChI is InChI=1S/C18H26F3N3O2/c1-22-9-6-14-7-10-24(11-8-14)13-17(25)23-12-15-2-4-16(5-3-15)26-18(19,20)21/h2-5,14,22H,6-13H2,1H3,(H,23,25). The van der Waals surface area contributed by atoms with E-state index in [1.165, 1.54) is 30.7 Å².